The zero-order valence-corrected chi connectivity index (χ0v) is 24.2. The smallest absolute Gasteiger partial charge is 0.254 e. The third-order valence-corrected chi connectivity index (χ3v) is 10.7. The van der Waals surface area contributed by atoms with Crippen molar-refractivity contribution in [2.75, 3.05) is 12.0 Å². The minimum absolute atomic E-state index is 0.103. The Bertz CT molecular complexity index is 1460. The highest BCUT2D eigenvalue weighted by atomic mass is 79.9. The van der Waals surface area contributed by atoms with E-state index in [1.807, 2.05) is 6.08 Å². The quantitative estimate of drug-likeness (QED) is 0.212. The third kappa shape index (κ3) is 3.69. The summed E-state index contributed by atoms with van der Waals surface area (Å²) in [7, 11) is 0. The molecule has 0 radical (unpaired) electrons. The summed E-state index contributed by atoms with van der Waals surface area (Å²) >= 11 is 17.4. The molecule has 6 atom stereocenters. The van der Waals surface area contributed by atoms with Gasteiger partial charge in [-0.2, -0.15) is 0 Å². The number of allylic oxidation sites excluding steroid dienone is 2. The molecule has 2 saturated heterocycles. The zero-order valence-electron chi connectivity index (χ0n) is 21.1. The van der Waals surface area contributed by atoms with Crippen LogP contribution in [-0.2, 0) is 32.2 Å². The van der Waals surface area contributed by atoms with Crippen LogP contribution in [0.1, 0.15) is 35.8 Å². The first-order valence-electron chi connectivity index (χ1n) is 12.9. The van der Waals surface area contributed by atoms with Crippen molar-refractivity contribution in [3.8, 4) is 5.75 Å². The number of furan rings is 1. The average molecular weight is 652 g/mol. The second kappa shape index (κ2) is 9.72. The Balaban J connectivity index is 1.39. The normalized spacial score (nSPS) is 33.2. The molecule has 1 aromatic carbocycles. The van der Waals surface area contributed by atoms with Crippen LogP contribution >= 0.6 is 39.1 Å². The third-order valence-electron chi connectivity index (χ3n) is 8.79. The number of hydrogen-bond acceptors (Lipinski definition) is 7. The molecular formula is C28H25BrCl2N2O7. The van der Waals surface area contributed by atoms with Gasteiger partial charge in [0.25, 0.3) is 11.8 Å². The van der Waals surface area contributed by atoms with Crippen LogP contribution in [0.3, 0.4) is 0 Å². The molecule has 2 aliphatic carbocycles. The van der Waals surface area contributed by atoms with Gasteiger partial charge in [-0.1, -0.05) is 39.7 Å². The predicted octanol–water partition coefficient (Wildman–Crippen LogP) is 3.43. The topological polar surface area (TPSA) is 128 Å². The summed E-state index contributed by atoms with van der Waals surface area (Å²) in [5.41, 5.74) is 1.38. The van der Waals surface area contributed by atoms with Crippen molar-refractivity contribution in [1.82, 2.24) is 9.80 Å². The second-order valence-electron chi connectivity index (χ2n) is 10.7. The van der Waals surface area contributed by atoms with Crippen LogP contribution < -0.4 is 0 Å². The first-order valence-corrected chi connectivity index (χ1v) is 14.8. The van der Waals surface area contributed by atoms with Gasteiger partial charge in [-0.3, -0.25) is 29.0 Å². The number of amides is 4. The van der Waals surface area contributed by atoms with Crippen molar-refractivity contribution < 1.29 is 33.8 Å². The molecule has 12 heteroatoms. The van der Waals surface area contributed by atoms with Gasteiger partial charge in [0.05, 0.1) is 23.2 Å². The molecule has 4 aliphatic rings. The zero-order chi connectivity index (χ0) is 28.6. The SMILES string of the molecule is O=C1[C@H]2[C@H](CC=C3[C@H]2C[C@@]2(Cl)C(=O)N(CBr)C(=O)[C@@]2(Cl)[C@H]3c2ccc(CO)o2)C(=O)N1CCc1ccc(O)cc1. The van der Waals surface area contributed by atoms with Crippen molar-refractivity contribution in [3.63, 3.8) is 0 Å². The van der Waals surface area contributed by atoms with Crippen molar-refractivity contribution >= 4 is 62.8 Å². The van der Waals surface area contributed by atoms with E-state index >= 15 is 0 Å². The number of benzene rings is 1. The number of aliphatic hydroxyl groups excluding tert-OH is 1. The lowest BCUT2D eigenvalue weighted by Gasteiger charge is -2.49. The number of aliphatic hydroxyl groups is 1. The Morgan fingerprint density at radius 2 is 1.70 bits per heavy atom. The molecule has 9 nitrogen and oxygen atoms in total. The fourth-order valence-electron chi connectivity index (χ4n) is 6.89. The Hall–Kier alpha value is -2.66. The number of imide groups is 2. The molecule has 210 valence electrons. The van der Waals surface area contributed by atoms with E-state index in [0.717, 1.165) is 10.5 Å². The number of carbonyl (C=O) groups is 4. The van der Waals surface area contributed by atoms with Crippen LogP contribution in [-0.4, -0.2) is 65.4 Å². The molecule has 40 heavy (non-hydrogen) atoms. The fraction of sp³-hybridized carbons (Fsp3) is 0.429. The minimum atomic E-state index is -1.94. The van der Waals surface area contributed by atoms with Gasteiger partial charge in [0.1, 0.15) is 23.9 Å². The number of carbonyl (C=O) groups excluding carboxylic acids is 4. The van der Waals surface area contributed by atoms with E-state index in [1.165, 1.54) is 4.90 Å². The van der Waals surface area contributed by atoms with Gasteiger partial charge < -0.3 is 14.6 Å². The summed E-state index contributed by atoms with van der Waals surface area (Å²) < 4.78 is 5.86. The lowest BCUT2D eigenvalue weighted by atomic mass is 9.57. The molecule has 0 spiro atoms. The van der Waals surface area contributed by atoms with Crippen LogP contribution in [0.15, 0.2) is 52.5 Å². The first kappa shape index (κ1) is 27.5. The summed E-state index contributed by atoms with van der Waals surface area (Å²) in [4.78, 5) is 53.0. The molecule has 3 heterocycles. The molecular weight excluding hydrogens is 627 g/mol. The summed E-state index contributed by atoms with van der Waals surface area (Å²) in [5.74, 6) is -4.42. The molecule has 1 aromatic heterocycles. The number of hydrogen-bond donors (Lipinski definition) is 2. The van der Waals surface area contributed by atoms with E-state index < -0.39 is 45.2 Å². The average Bonchev–Trinajstić information content (AvgIpc) is 3.55. The summed E-state index contributed by atoms with van der Waals surface area (Å²) in [6.07, 6.45) is 2.40. The molecule has 2 aromatic rings. The monoisotopic (exact) mass is 650 g/mol. The maximum Gasteiger partial charge on any atom is 0.254 e. The standard InChI is InChI=1S/C28H25BrCl2N2O7/c29-13-33-25(38)27(30)11-19-17(22(28(27,31)26(33)39)20-8-5-16(12-34)40-20)6-7-18-21(19)24(37)32(23(18)36)10-9-14-1-3-15(35)4-2-14/h1-6,8,18-19,21-22,34-35H,7,9-13H2/t18-,19+,21-,22+,27+,28-/m0/s1. The highest BCUT2D eigenvalue weighted by Crippen LogP contribution is 2.65. The summed E-state index contributed by atoms with van der Waals surface area (Å²) in [6.45, 7) is -0.218. The van der Waals surface area contributed by atoms with Crippen molar-refractivity contribution in [2.45, 2.75) is 41.5 Å². The first-order chi connectivity index (χ1) is 19.1. The Morgan fingerprint density at radius 3 is 2.35 bits per heavy atom. The molecule has 4 amide bonds. The molecule has 0 unspecified atom stereocenters. The van der Waals surface area contributed by atoms with Gasteiger partial charge in [-0.05, 0) is 55.0 Å². The van der Waals surface area contributed by atoms with E-state index in [-0.39, 0.29) is 60.5 Å². The number of phenolic OH excluding ortho intramolecular Hbond substituents is 1. The number of alkyl halides is 3. The van der Waals surface area contributed by atoms with Gasteiger partial charge in [0.2, 0.25) is 11.8 Å². The van der Waals surface area contributed by atoms with E-state index in [4.69, 9.17) is 27.6 Å². The van der Waals surface area contributed by atoms with E-state index in [2.05, 4.69) is 15.9 Å². The van der Waals surface area contributed by atoms with Crippen LogP contribution in [0.4, 0.5) is 0 Å². The maximum absolute atomic E-state index is 13.9. The highest BCUT2D eigenvalue weighted by Gasteiger charge is 2.76. The number of phenols is 1. The molecule has 2 N–H and O–H groups in total. The predicted molar refractivity (Wildman–Crippen MR) is 147 cm³/mol. The van der Waals surface area contributed by atoms with Crippen molar-refractivity contribution in [3.05, 3.63) is 65.1 Å². The molecule has 0 bridgehead atoms. The number of likely N-dealkylation sites (tertiary alicyclic amines) is 2. The molecule has 3 fully saturated rings. The fourth-order valence-corrected chi connectivity index (χ4v) is 8.30. The van der Waals surface area contributed by atoms with Crippen LogP contribution in [0.25, 0.3) is 0 Å². The largest absolute Gasteiger partial charge is 0.508 e. The van der Waals surface area contributed by atoms with Crippen molar-refractivity contribution in [1.29, 1.82) is 0 Å². The van der Waals surface area contributed by atoms with Gasteiger partial charge in [-0.25, -0.2) is 0 Å². The Kier molecular flexibility index (Phi) is 6.68. The maximum atomic E-state index is 13.9. The lowest BCUT2D eigenvalue weighted by molar-refractivity contribution is -0.141. The number of halogens is 3. The minimum Gasteiger partial charge on any atom is -0.508 e. The lowest BCUT2D eigenvalue weighted by Crippen LogP contribution is -2.60. The van der Waals surface area contributed by atoms with E-state index in [0.29, 0.717) is 12.0 Å². The second-order valence-corrected chi connectivity index (χ2v) is 12.4. The van der Waals surface area contributed by atoms with Crippen molar-refractivity contribution in [2.24, 2.45) is 17.8 Å². The number of rotatable bonds is 6. The molecule has 6 rings (SSSR count). The van der Waals surface area contributed by atoms with Gasteiger partial charge in [0.15, 0.2) is 9.75 Å². The number of nitrogens with zero attached hydrogens (tertiary/aromatic N) is 2. The van der Waals surface area contributed by atoms with Gasteiger partial charge in [0, 0.05) is 6.54 Å². The van der Waals surface area contributed by atoms with Gasteiger partial charge >= 0.3 is 0 Å². The van der Waals surface area contributed by atoms with E-state index in [1.54, 1.807) is 36.4 Å². The summed E-state index contributed by atoms with van der Waals surface area (Å²) in [5, 5.41) is 19.2. The Labute approximate surface area is 247 Å². The number of fused-ring (bicyclic) bond motifs is 4. The summed E-state index contributed by atoms with van der Waals surface area (Å²) in [6, 6.07) is 9.71. The van der Waals surface area contributed by atoms with E-state index in [9.17, 15) is 29.4 Å². The van der Waals surface area contributed by atoms with Crippen LogP contribution in [0.2, 0.25) is 0 Å². The van der Waals surface area contributed by atoms with Crippen LogP contribution in [0.5, 0.6) is 5.75 Å². The Morgan fingerprint density at radius 1 is 0.975 bits per heavy atom. The van der Waals surface area contributed by atoms with Crippen LogP contribution in [0, 0.1) is 17.8 Å². The number of aromatic hydroxyl groups is 1. The highest BCUT2D eigenvalue weighted by molar-refractivity contribution is 9.09. The molecule has 1 saturated carbocycles. The van der Waals surface area contributed by atoms with Gasteiger partial charge in [-0.15, -0.1) is 23.2 Å². The molecule has 2 aliphatic heterocycles.